The third kappa shape index (κ3) is 4.57. The molecular formula is C14H19N5OS. The number of nitrogens with zero attached hydrogens (tertiary/aromatic N) is 2. The van der Waals surface area contributed by atoms with E-state index >= 15 is 0 Å². The minimum absolute atomic E-state index is 0.0181. The van der Waals surface area contributed by atoms with Crippen LogP contribution in [0.1, 0.15) is 19.2 Å². The lowest BCUT2D eigenvalue weighted by Gasteiger charge is -2.05. The highest BCUT2D eigenvalue weighted by atomic mass is 32.2. The number of carbonyl (C=O) groups is 1. The van der Waals surface area contributed by atoms with E-state index in [1.54, 1.807) is 11.8 Å². The molecule has 0 radical (unpaired) electrons. The third-order valence-electron chi connectivity index (χ3n) is 2.73. The van der Waals surface area contributed by atoms with Gasteiger partial charge in [-0.1, -0.05) is 6.92 Å². The summed E-state index contributed by atoms with van der Waals surface area (Å²) in [5.41, 5.74) is 7.14. The summed E-state index contributed by atoms with van der Waals surface area (Å²) in [6, 6.07) is 7.43. The van der Waals surface area contributed by atoms with Crippen LogP contribution < -0.4 is 11.1 Å². The van der Waals surface area contributed by atoms with Crippen LogP contribution in [0.4, 0.5) is 5.69 Å². The number of amides is 1. The van der Waals surface area contributed by atoms with Crippen LogP contribution in [-0.4, -0.2) is 32.6 Å². The van der Waals surface area contributed by atoms with Crippen molar-refractivity contribution < 1.29 is 4.79 Å². The molecule has 7 heteroatoms. The van der Waals surface area contributed by atoms with E-state index in [0.29, 0.717) is 23.9 Å². The summed E-state index contributed by atoms with van der Waals surface area (Å²) >= 11 is 1.64. The van der Waals surface area contributed by atoms with Gasteiger partial charge in [-0.25, -0.2) is 4.98 Å². The topological polar surface area (TPSA) is 96.7 Å². The Morgan fingerprint density at radius 2 is 2.14 bits per heavy atom. The van der Waals surface area contributed by atoms with Crippen LogP contribution in [0.15, 0.2) is 24.3 Å². The smallest absolute Gasteiger partial charge is 0.234 e. The number of aromatic nitrogens is 3. The van der Waals surface area contributed by atoms with Crippen LogP contribution in [0, 0.1) is 0 Å². The summed E-state index contributed by atoms with van der Waals surface area (Å²) in [6.07, 6.45) is 1.08. The van der Waals surface area contributed by atoms with Crippen molar-refractivity contribution in [2.45, 2.75) is 19.9 Å². The molecular weight excluding hydrogens is 286 g/mol. The van der Waals surface area contributed by atoms with Gasteiger partial charge < -0.3 is 11.1 Å². The maximum atomic E-state index is 11.7. The quantitative estimate of drug-likeness (QED) is 0.680. The van der Waals surface area contributed by atoms with Crippen LogP contribution in [0.25, 0.3) is 11.4 Å². The van der Waals surface area contributed by atoms with E-state index in [4.69, 9.17) is 5.73 Å². The zero-order chi connectivity index (χ0) is 15.1. The Bertz CT molecular complexity index is 581. The summed E-state index contributed by atoms with van der Waals surface area (Å²) < 4.78 is 0. The molecule has 21 heavy (non-hydrogen) atoms. The molecule has 0 saturated carbocycles. The van der Waals surface area contributed by atoms with Gasteiger partial charge in [-0.15, -0.1) is 0 Å². The minimum atomic E-state index is 0.0181. The number of aromatic amines is 1. The molecule has 1 heterocycles. The van der Waals surface area contributed by atoms with Gasteiger partial charge in [-0.2, -0.15) is 16.9 Å². The Morgan fingerprint density at radius 1 is 1.38 bits per heavy atom. The van der Waals surface area contributed by atoms with E-state index in [0.717, 1.165) is 23.4 Å². The molecule has 1 aromatic carbocycles. The molecule has 0 fully saturated rings. The largest absolute Gasteiger partial charge is 0.325 e. The molecule has 112 valence electrons. The molecule has 0 unspecified atom stereocenters. The fraction of sp³-hybridized carbons (Fsp3) is 0.357. The van der Waals surface area contributed by atoms with Crippen LogP contribution >= 0.6 is 11.8 Å². The van der Waals surface area contributed by atoms with Crippen molar-refractivity contribution in [3.8, 4) is 11.4 Å². The first-order chi connectivity index (χ1) is 10.2. The number of rotatable bonds is 7. The molecule has 6 nitrogen and oxygen atoms in total. The summed E-state index contributed by atoms with van der Waals surface area (Å²) in [5.74, 6) is 2.75. The number of benzene rings is 1. The second kappa shape index (κ2) is 7.80. The number of H-pyrrole nitrogens is 1. The molecule has 1 amide bonds. The number of hydrogen-bond acceptors (Lipinski definition) is 5. The fourth-order valence-corrected chi connectivity index (χ4v) is 2.42. The van der Waals surface area contributed by atoms with Crippen molar-refractivity contribution in [3.05, 3.63) is 30.1 Å². The summed E-state index contributed by atoms with van der Waals surface area (Å²) in [6.45, 7) is 2.43. The van der Waals surface area contributed by atoms with Crippen molar-refractivity contribution in [3.63, 3.8) is 0 Å². The monoisotopic (exact) mass is 305 g/mol. The van der Waals surface area contributed by atoms with E-state index in [1.807, 2.05) is 24.3 Å². The summed E-state index contributed by atoms with van der Waals surface area (Å²) in [7, 11) is 0. The zero-order valence-electron chi connectivity index (χ0n) is 11.9. The van der Waals surface area contributed by atoms with Crippen LogP contribution in [-0.2, 0) is 11.3 Å². The molecule has 0 spiro atoms. The maximum Gasteiger partial charge on any atom is 0.234 e. The molecule has 2 rings (SSSR count). The van der Waals surface area contributed by atoms with Gasteiger partial charge in [0.25, 0.3) is 0 Å². The van der Waals surface area contributed by atoms with E-state index in [1.165, 1.54) is 0 Å². The lowest BCUT2D eigenvalue weighted by atomic mass is 10.2. The second-order valence-corrected chi connectivity index (χ2v) is 5.59. The third-order valence-corrected chi connectivity index (χ3v) is 3.90. The highest BCUT2D eigenvalue weighted by Crippen LogP contribution is 2.18. The zero-order valence-corrected chi connectivity index (χ0v) is 12.7. The second-order valence-electron chi connectivity index (χ2n) is 4.49. The first-order valence-electron chi connectivity index (χ1n) is 6.82. The van der Waals surface area contributed by atoms with Crippen molar-refractivity contribution in [2.75, 3.05) is 16.8 Å². The van der Waals surface area contributed by atoms with Gasteiger partial charge in [0, 0.05) is 11.3 Å². The van der Waals surface area contributed by atoms with E-state index < -0.39 is 0 Å². The molecule has 0 bridgehead atoms. The van der Waals surface area contributed by atoms with Crippen LogP contribution in [0.3, 0.4) is 0 Å². The molecule has 0 aliphatic heterocycles. The van der Waals surface area contributed by atoms with Gasteiger partial charge in [-0.05, 0) is 36.4 Å². The Labute approximate surface area is 127 Å². The van der Waals surface area contributed by atoms with E-state index in [2.05, 4.69) is 27.4 Å². The van der Waals surface area contributed by atoms with Gasteiger partial charge in [0.05, 0.1) is 12.3 Å². The first-order valence-corrected chi connectivity index (χ1v) is 7.97. The molecule has 0 aliphatic carbocycles. The van der Waals surface area contributed by atoms with E-state index in [9.17, 15) is 4.79 Å². The Morgan fingerprint density at radius 3 is 2.76 bits per heavy atom. The molecule has 1 aromatic heterocycles. The molecule has 0 aliphatic rings. The first kappa shape index (κ1) is 15.5. The van der Waals surface area contributed by atoms with Gasteiger partial charge in [-0.3, -0.25) is 9.89 Å². The molecule has 4 N–H and O–H groups in total. The highest BCUT2D eigenvalue weighted by Gasteiger charge is 2.06. The number of nitrogens with one attached hydrogen (secondary N) is 2. The van der Waals surface area contributed by atoms with Crippen molar-refractivity contribution in [1.29, 1.82) is 0 Å². The number of anilines is 1. The number of hydrogen-bond donors (Lipinski definition) is 3. The van der Waals surface area contributed by atoms with Crippen molar-refractivity contribution in [2.24, 2.45) is 5.73 Å². The lowest BCUT2D eigenvalue weighted by molar-refractivity contribution is -0.113. The van der Waals surface area contributed by atoms with Gasteiger partial charge in [0.2, 0.25) is 5.91 Å². The summed E-state index contributed by atoms with van der Waals surface area (Å²) in [4.78, 5) is 16.0. The average molecular weight is 305 g/mol. The molecule has 2 aromatic rings. The Hall–Kier alpha value is -1.86. The Kier molecular flexibility index (Phi) is 5.77. The number of carbonyl (C=O) groups excluding carboxylic acids is 1. The van der Waals surface area contributed by atoms with Crippen LogP contribution in [0.2, 0.25) is 0 Å². The van der Waals surface area contributed by atoms with Crippen molar-refractivity contribution >= 4 is 23.4 Å². The normalized spacial score (nSPS) is 10.6. The fourth-order valence-electron chi connectivity index (χ4n) is 1.72. The lowest BCUT2D eigenvalue weighted by Crippen LogP contribution is -2.14. The van der Waals surface area contributed by atoms with Crippen LogP contribution in [0.5, 0.6) is 0 Å². The van der Waals surface area contributed by atoms with E-state index in [-0.39, 0.29) is 5.91 Å². The number of thioether (sulfide) groups is 1. The van der Waals surface area contributed by atoms with Gasteiger partial charge in [0.1, 0.15) is 5.82 Å². The Balaban J connectivity index is 1.94. The molecule has 0 atom stereocenters. The maximum absolute atomic E-state index is 11.7. The minimum Gasteiger partial charge on any atom is -0.325 e. The number of nitrogens with two attached hydrogens (primary N) is 1. The van der Waals surface area contributed by atoms with Crippen molar-refractivity contribution in [1.82, 2.24) is 15.2 Å². The molecule has 0 saturated heterocycles. The average Bonchev–Trinajstić information content (AvgIpc) is 2.97. The van der Waals surface area contributed by atoms with Gasteiger partial charge in [0.15, 0.2) is 5.82 Å². The predicted molar refractivity (Wildman–Crippen MR) is 86.0 cm³/mol. The standard InChI is InChI=1S/C14H19N5OS/c1-2-7-21-9-13(20)16-11-5-3-10(4-6-11)14-17-12(8-15)18-19-14/h3-6H,2,7-9,15H2,1H3,(H,16,20)(H,17,18,19). The van der Waals surface area contributed by atoms with Gasteiger partial charge >= 0.3 is 0 Å². The highest BCUT2D eigenvalue weighted by molar-refractivity contribution is 7.99. The SMILES string of the molecule is CCCSCC(=O)Nc1ccc(-c2n[nH]c(CN)n2)cc1. The summed E-state index contributed by atoms with van der Waals surface area (Å²) in [5, 5.41) is 9.73. The predicted octanol–water partition coefficient (Wildman–Crippen LogP) is 2.01.